The first-order valence-corrected chi connectivity index (χ1v) is 7.11. The lowest BCUT2D eigenvalue weighted by molar-refractivity contribution is 0.0695. The Morgan fingerprint density at radius 2 is 1.89 bits per heavy atom. The van der Waals surface area contributed by atoms with Gasteiger partial charge in [-0.05, 0) is 43.4 Å². The van der Waals surface area contributed by atoms with Crippen molar-refractivity contribution in [3.05, 3.63) is 48.3 Å². The fraction of sp³-hybridized carbons (Fsp3) is 0.438. The van der Waals surface area contributed by atoms with Crippen LogP contribution in [-0.2, 0) is 6.42 Å². The smallest absolute Gasteiger partial charge is 0.0645 e. The molecule has 1 aliphatic rings. The highest BCUT2D eigenvalue weighted by atomic mass is 16.3. The average Bonchev–Trinajstić information content (AvgIpc) is 2.91. The number of para-hydroxylation sites is 1. The van der Waals surface area contributed by atoms with Crippen molar-refractivity contribution in [2.24, 2.45) is 5.92 Å². The summed E-state index contributed by atoms with van der Waals surface area (Å²) >= 11 is 0. The van der Waals surface area contributed by atoms with Crippen LogP contribution >= 0.6 is 0 Å². The molecule has 0 bridgehead atoms. The van der Waals surface area contributed by atoms with Crippen molar-refractivity contribution in [3.63, 3.8) is 0 Å². The van der Waals surface area contributed by atoms with Gasteiger partial charge in [0.1, 0.15) is 0 Å². The summed E-state index contributed by atoms with van der Waals surface area (Å²) in [6.45, 7) is 0. The van der Waals surface area contributed by atoms with E-state index in [2.05, 4.69) is 11.2 Å². The molecule has 19 heavy (non-hydrogen) atoms. The quantitative estimate of drug-likeness (QED) is 0.916. The van der Waals surface area contributed by atoms with Crippen molar-refractivity contribution in [2.45, 2.75) is 38.2 Å². The lowest BCUT2D eigenvalue weighted by atomic mass is 9.84. The summed E-state index contributed by atoms with van der Waals surface area (Å²) in [5, 5.41) is 14.6. The van der Waals surface area contributed by atoms with E-state index in [-0.39, 0.29) is 6.10 Å². The first-order chi connectivity index (χ1) is 9.33. The van der Waals surface area contributed by atoms with Gasteiger partial charge >= 0.3 is 0 Å². The van der Waals surface area contributed by atoms with E-state index in [1.807, 2.05) is 41.2 Å². The molecule has 3 heteroatoms. The maximum Gasteiger partial charge on any atom is 0.0645 e. The minimum atomic E-state index is -0.143. The van der Waals surface area contributed by atoms with Gasteiger partial charge in [0.2, 0.25) is 0 Å². The Balaban J connectivity index is 1.71. The minimum Gasteiger partial charge on any atom is -0.393 e. The van der Waals surface area contributed by atoms with Gasteiger partial charge in [-0.3, -0.25) is 0 Å². The molecule has 1 N–H and O–H groups in total. The molecule has 0 spiro atoms. The molecule has 2 unspecified atom stereocenters. The molecule has 3 rings (SSSR count). The summed E-state index contributed by atoms with van der Waals surface area (Å²) in [4.78, 5) is 0. The summed E-state index contributed by atoms with van der Waals surface area (Å²) in [5.74, 6) is 0.382. The molecule has 1 saturated carbocycles. The van der Waals surface area contributed by atoms with Crippen LogP contribution in [0.5, 0.6) is 0 Å². The van der Waals surface area contributed by atoms with Gasteiger partial charge in [0, 0.05) is 6.20 Å². The van der Waals surface area contributed by atoms with Gasteiger partial charge in [-0.25, -0.2) is 4.68 Å². The summed E-state index contributed by atoms with van der Waals surface area (Å²) in [5.41, 5.74) is 2.16. The third kappa shape index (κ3) is 2.87. The summed E-state index contributed by atoms with van der Waals surface area (Å²) in [6.07, 6.45) is 7.22. The van der Waals surface area contributed by atoms with Crippen LogP contribution in [-0.4, -0.2) is 21.0 Å². The van der Waals surface area contributed by atoms with Gasteiger partial charge in [-0.1, -0.05) is 31.0 Å². The molecule has 2 atom stereocenters. The van der Waals surface area contributed by atoms with E-state index in [9.17, 15) is 5.11 Å². The SMILES string of the molecule is OC1CCCCC1Cc1ccn(-c2ccccc2)n1. The maximum absolute atomic E-state index is 10.0. The predicted octanol–water partition coefficient (Wildman–Crippen LogP) is 2.97. The molecule has 3 nitrogen and oxygen atoms in total. The molecule has 2 aromatic rings. The van der Waals surface area contributed by atoms with Gasteiger partial charge in [-0.2, -0.15) is 5.10 Å². The highest BCUT2D eigenvalue weighted by Crippen LogP contribution is 2.27. The molecular weight excluding hydrogens is 236 g/mol. The Bertz CT molecular complexity index is 521. The van der Waals surface area contributed by atoms with Crippen molar-refractivity contribution < 1.29 is 5.11 Å². The summed E-state index contributed by atoms with van der Waals surface area (Å²) in [7, 11) is 0. The van der Waals surface area contributed by atoms with E-state index in [0.717, 1.165) is 37.1 Å². The molecule has 0 aliphatic heterocycles. The summed E-state index contributed by atoms with van der Waals surface area (Å²) in [6, 6.07) is 12.2. The van der Waals surface area contributed by atoms with E-state index in [0.29, 0.717) is 5.92 Å². The second-order valence-electron chi connectivity index (χ2n) is 5.40. The first-order valence-electron chi connectivity index (χ1n) is 7.11. The number of aliphatic hydroxyl groups is 1. The highest BCUT2D eigenvalue weighted by molar-refractivity contribution is 5.30. The third-order valence-corrected chi connectivity index (χ3v) is 4.01. The second kappa shape index (κ2) is 5.57. The number of rotatable bonds is 3. The Labute approximate surface area is 113 Å². The van der Waals surface area contributed by atoms with Crippen molar-refractivity contribution in [3.8, 4) is 5.69 Å². The molecule has 0 radical (unpaired) electrons. The monoisotopic (exact) mass is 256 g/mol. The molecule has 1 aliphatic carbocycles. The van der Waals surface area contributed by atoms with Crippen LogP contribution in [0.25, 0.3) is 5.69 Å². The zero-order valence-electron chi connectivity index (χ0n) is 11.1. The second-order valence-corrected chi connectivity index (χ2v) is 5.40. The zero-order chi connectivity index (χ0) is 13.1. The van der Waals surface area contributed by atoms with Gasteiger partial charge < -0.3 is 5.11 Å². The fourth-order valence-electron chi connectivity index (χ4n) is 2.89. The Morgan fingerprint density at radius 3 is 2.68 bits per heavy atom. The van der Waals surface area contributed by atoms with Crippen LogP contribution < -0.4 is 0 Å². The zero-order valence-corrected chi connectivity index (χ0v) is 11.1. The van der Waals surface area contributed by atoms with E-state index in [4.69, 9.17) is 0 Å². The Hall–Kier alpha value is -1.61. The normalized spacial score (nSPS) is 23.4. The van der Waals surface area contributed by atoms with Gasteiger partial charge in [0.15, 0.2) is 0 Å². The molecular formula is C16H20N2O. The van der Waals surface area contributed by atoms with Crippen molar-refractivity contribution in [1.82, 2.24) is 9.78 Å². The van der Waals surface area contributed by atoms with Crippen molar-refractivity contribution >= 4 is 0 Å². The number of benzene rings is 1. The van der Waals surface area contributed by atoms with Crippen LogP contribution in [0.3, 0.4) is 0 Å². The predicted molar refractivity (Wildman–Crippen MR) is 75.2 cm³/mol. The van der Waals surface area contributed by atoms with Crippen LogP contribution in [0, 0.1) is 5.92 Å². The third-order valence-electron chi connectivity index (χ3n) is 4.01. The molecule has 1 fully saturated rings. The Morgan fingerprint density at radius 1 is 1.11 bits per heavy atom. The van der Waals surface area contributed by atoms with Crippen LogP contribution in [0.1, 0.15) is 31.4 Å². The van der Waals surface area contributed by atoms with Crippen molar-refractivity contribution in [1.29, 1.82) is 0 Å². The highest BCUT2D eigenvalue weighted by Gasteiger charge is 2.23. The fourth-order valence-corrected chi connectivity index (χ4v) is 2.89. The molecule has 1 aromatic heterocycles. The van der Waals surface area contributed by atoms with E-state index in [1.54, 1.807) is 0 Å². The van der Waals surface area contributed by atoms with Crippen LogP contribution in [0.15, 0.2) is 42.6 Å². The molecule has 0 amide bonds. The van der Waals surface area contributed by atoms with E-state index < -0.39 is 0 Å². The van der Waals surface area contributed by atoms with Crippen LogP contribution in [0.2, 0.25) is 0 Å². The number of nitrogens with zero attached hydrogens (tertiary/aromatic N) is 2. The Kier molecular flexibility index (Phi) is 3.65. The lowest BCUT2D eigenvalue weighted by Gasteiger charge is -2.26. The van der Waals surface area contributed by atoms with Crippen molar-refractivity contribution in [2.75, 3.05) is 0 Å². The largest absolute Gasteiger partial charge is 0.393 e. The van der Waals surface area contributed by atoms with Crippen LogP contribution in [0.4, 0.5) is 0 Å². The standard InChI is InChI=1S/C16H20N2O/c19-16-9-5-4-6-13(16)12-14-10-11-18(17-14)15-7-2-1-3-8-15/h1-3,7-8,10-11,13,16,19H,4-6,9,12H2. The molecule has 0 saturated heterocycles. The topological polar surface area (TPSA) is 38.0 Å². The number of aromatic nitrogens is 2. The lowest BCUT2D eigenvalue weighted by Crippen LogP contribution is -2.26. The number of hydrogen-bond donors (Lipinski definition) is 1. The maximum atomic E-state index is 10.0. The van der Waals surface area contributed by atoms with Gasteiger partial charge in [0.25, 0.3) is 0 Å². The van der Waals surface area contributed by atoms with Gasteiger partial charge in [-0.15, -0.1) is 0 Å². The first kappa shape index (κ1) is 12.4. The number of hydrogen-bond acceptors (Lipinski definition) is 2. The number of aliphatic hydroxyl groups excluding tert-OH is 1. The van der Waals surface area contributed by atoms with E-state index in [1.165, 1.54) is 6.42 Å². The molecule has 100 valence electrons. The minimum absolute atomic E-state index is 0.143. The van der Waals surface area contributed by atoms with E-state index >= 15 is 0 Å². The summed E-state index contributed by atoms with van der Waals surface area (Å²) < 4.78 is 1.91. The van der Waals surface area contributed by atoms with Gasteiger partial charge in [0.05, 0.1) is 17.5 Å². The average molecular weight is 256 g/mol. The molecule has 1 heterocycles. The molecule has 1 aromatic carbocycles.